The van der Waals surface area contributed by atoms with Crippen LogP contribution in [0.5, 0.6) is 0 Å². The summed E-state index contributed by atoms with van der Waals surface area (Å²) in [6.07, 6.45) is 1.44. The maximum atomic E-state index is 11.4. The van der Waals surface area contributed by atoms with Gasteiger partial charge in [-0.1, -0.05) is 6.07 Å². The van der Waals surface area contributed by atoms with Gasteiger partial charge in [-0.25, -0.2) is 0 Å². The number of anilines is 1. The molecule has 1 aliphatic heterocycles. The van der Waals surface area contributed by atoms with Crippen molar-refractivity contribution in [2.24, 2.45) is 0 Å². The number of nitrogens with one attached hydrogen (secondary N) is 1. The van der Waals surface area contributed by atoms with Crippen molar-refractivity contribution in [1.29, 1.82) is 0 Å². The number of nitrogens with zero attached hydrogens (tertiary/aromatic N) is 1. The fraction of sp³-hybridized carbons (Fsp3) is 0.500. The minimum atomic E-state index is 0.180. The molecule has 18 heavy (non-hydrogen) atoms. The van der Waals surface area contributed by atoms with Crippen molar-refractivity contribution in [2.45, 2.75) is 26.1 Å². The number of hydrogen-bond donors (Lipinski definition) is 1. The van der Waals surface area contributed by atoms with Gasteiger partial charge >= 0.3 is 0 Å². The summed E-state index contributed by atoms with van der Waals surface area (Å²) < 4.78 is 5.38. The molecular formula is C14H20N2O2. The third-order valence-electron chi connectivity index (χ3n) is 3.12. The van der Waals surface area contributed by atoms with Crippen molar-refractivity contribution in [3.05, 3.63) is 29.3 Å². The Bertz CT molecular complexity index is 430. The molecule has 0 radical (unpaired) electrons. The summed E-state index contributed by atoms with van der Waals surface area (Å²) in [7, 11) is 3.58. The average molecular weight is 248 g/mol. The summed E-state index contributed by atoms with van der Waals surface area (Å²) in [5.41, 5.74) is 3.66. The first-order chi connectivity index (χ1) is 8.66. The van der Waals surface area contributed by atoms with E-state index in [0.29, 0.717) is 13.0 Å². The minimum Gasteiger partial charge on any atom is -0.385 e. The molecule has 4 nitrogen and oxygen atoms in total. The van der Waals surface area contributed by atoms with Crippen LogP contribution in [0.3, 0.4) is 0 Å². The summed E-state index contributed by atoms with van der Waals surface area (Å²) in [5, 5.41) is 3.34. The highest BCUT2D eigenvalue weighted by molar-refractivity contribution is 5.75. The van der Waals surface area contributed by atoms with E-state index in [-0.39, 0.29) is 5.91 Å². The van der Waals surface area contributed by atoms with Crippen LogP contribution in [0.1, 0.15) is 24.0 Å². The molecule has 0 unspecified atom stereocenters. The van der Waals surface area contributed by atoms with Crippen LogP contribution in [-0.4, -0.2) is 31.4 Å². The van der Waals surface area contributed by atoms with E-state index in [4.69, 9.17) is 4.74 Å². The lowest BCUT2D eigenvalue weighted by Gasteiger charge is -2.11. The molecule has 0 atom stereocenters. The molecule has 0 bridgehead atoms. The van der Waals surface area contributed by atoms with Gasteiger partial charge in [0.2, 0.25) is 5.91 Å². The van der Waals surface area contributed by atoms with E-state index in [1.54, 1.807) is 19.0 Å². The summed E-state index contributed by atoms with van der Waals surface area (Å²) in [6.45, 7) is 2.26. The number of ether oxygens (including phenoxy) is 1. The molecule has 0 saturated heterocycles. The first kappa shape index (κ1) is 12.9. The monoisotopic (exact) mass is 248 g/mol. The highest BCUT2D eigenvalue weighted by Crippen LogP contribution is 2.23. The Morgan fingerprint density at radius 1 is 1.33 bits per heavy atom. The van der Waals surface area contributed by atoms with Crippen LogP contribution in [0.25, 0.3) is 0 Å². The second-order valence-corrected chi connectivity index (χ2v) is 4.79. The van der Waals surface area contributed by atoms with Crippen LogP contribution in [0, 0.1) is 0 Å². The standard InChI is InChI=1S/C14H20N2O2/c1-16(2)14(17)4-3-7-15-13-6-5-11-9-18-10-12(11)8-13/h5-6,8,15H,3-4,7,9-10H2,1-2H3. The molecule has 2 rings (SSSR count). The Labute approximate surface area is 108 Å². The first-order valence-corrected chi connectivity index (χ1v) is 6.30. The van der Waals surface area contributed by atoms with Gasteiger partial charge in [0, 0.05) is 32.7 Å². The Balaban J connectivity index is 1.75. The molecule has 4 heteroatoms. The highest BCUT2D eigenvalue weighted by atomic mass is 16.5. The van der Waals surface area contributed by atoms with Crippen LogP contribution in [-0.2, 0) is 22.7 Å². The van der Waals surface area contributed by atoms with Crippen molar-refractivity contribution in [3.63, 3.8) is 0 Å². The Hall–Kier alpha value is -1.55. The van der Waals surface area contributed by atoms with Crippen LogP contribution < -0.4 is 5.32 Å². The lowest BCUT2D eigenvalue weighted by molar-refractivity contribution is -0.128. The van der Waals surface area contributed by atoms with Gasteiger partial charge < -0.3 is 15.0 Å². The molecule has 98 valence electrons. The van der Waals surface area contributed by atoms with Gasteiger partial charge in [-0.15, -0.1) is 0 Å². The van der Waals surface area contributed by atoms with E-state index < -0.39 is 0 Å². The quantitative estimate of drug-likeness (QED) is 0.810. The third kappa shape index (κ3) is 3.23. The molecule has 1 heterocycles. The number of rotatable bonds is 5. The van der Waals surface area contributed by atoms with E-state index in [1.807, 2.05) is 0 Å². The number of carbonyl (C=O) groups is 1. The van der Waals surface area contributed by atoms with E-state index in [9.17, 15) is 4.79 Å². The summed E-state index contributed by atoms with van der Waals surface area (Å²) in [6, 6.07) is 6.31. The van der Waals surface area contributed by atoms with Crippen molar-refractivity contribution in [1.82, 2.24) is 4.90 Å². The summed E-state index contributed by atoms with van der Waals surface area (Å²) >= 11 is 0. The first-order valence-electron chi connectivity index (χ1n) is 6.30. The van der Waals surface area contributed by atoms with Crippen molar-refractivity contribution < 1.29 is 9.53 Å². The smallest absolute Gasteiger partial charge is 0.222 e. The maximum absolute atomic E-state index is 11.4. The molecule has 0 fully saturated rings. The average Bonchev–Trinajstić information content (AvgIpc) is 2.81. The number of fused-ring (bicyclic) bond motifs is 1. The molecular weight excluding hydrogens is 228 g/mol. The zero-order chi connectivity index (χ0) is 13.0. The van der Waals surface area contributed by atoms with Crippen LogP contribution in [0.4, 0.5) is 5.69 Å². The molecule has 1 aromatic rings. The number of carbonyl (C=O) groups excluding carboxylic acids is 1. The predicted octanol–water partition coefficient (Wildman–Crippen LogP) is 2.00. The fourth-order valence-corrected chi connectivity index (χ4v) is 1.98. The molecule has 1 aliphatic rings. The van der Waals surface area contributed by atoms with Crippen molar-refractivity contribution in [2.75, 3.05) is 26.0 Å². The van der Waals surface area contributed by atoms with Crippen LogP contribution in [0.2, 0.25) is 0 Å². The van der Waals surface area contributed by atoms with E-state index in [1.165, 1.54) is 11.1 Å². The van der Waals surface area contributed by atoms with Gasteiger partial charge in [0.25, 0.3) is 0 Å². The second-order valence-electron chi connectivity index (χ2n) is 4.79. The number of benzene rings is 1. The lowest BCUT2D eigenvalue weighted by Crippen LogP contribution is -2.22. The molecule has 1 N–H and O–H groups in total. The van der Waals surface area contributed by atoms with Crippen molar-refractivity contribution in [3.8, 4) is 0 Å². The number of hydrogen-bond acceptors (Lipinski definition) is 3. The molecule has 0 aromatic heterocycles. The van der Waals surface area contributed by atoms with Gasteiger partial charge in [-0.2, -0.15) is 0 Å². The van der Waals surface area contributed by atoms with E-state index in [0.717, 1.165) is 25.3 Å². The topological polar surface area (TPSA) is 41.6 Å². The Kier molecular flexibility index (Phi) is 4.20. The van der Waals surface area contributed by atoms with Gasteiger partial charge in [0.1, 0.15) is 0 Å². The van der Waals surface area contributed by atoms with Gasteiger partial charge in [-0.05, 0) is 29.7 Å². The highest BCUT2D eigenvalue weighted by Gasteiger charge is 2.10. The van der Waals surface area contributed by atoms with Crippen molar-refractivity contribution >= 4 is 11.6 Å². The van der Waals surface area contributed by atoms with Crippen LogP contribution >= 0.6 is 0 Å². The zero-order valence-electron chi connectivity index (χ0n) is 11.0. The Morgan fingerprint density at radius 3 is 2.89 bits per heavy atom. The van der Waals surface area contributed by atoms with Crippen LogP contribution in [0.15, 0.2) is 18.2 Å². The zero-order valence-corrected chi connectivity index (χ0v) is 11.0. The molecule has 0 aliphatic carbocycles. The molecule has 1 aromatic carbocycles. The fourth-order valence-electron chi connectivity index (χ4n) is 1.98. The second kappa shape index (κ2) is 5.87. The number of amides is 1. The van der Waals surface area contributed by atoms with Gasteiger partial charge in [0.15, 0.2) is 0 Å². The summed E-state index contributed by atoms with van der Waals surface area (Å²) in [4.78, 5) is 13.0. The Morgan fingerprint density at radius 2 is 2.11 bits per heavy atom. The lowest BCUT2D eigenvalue weighted by atomic mass is 10.1. The van der Waals surface area contributed by atoms with Gasteiger partial charge in [0.05, 0.1) is 13.2 Å². The maximum Gasteiger partial charge on any atom is 0.222 e. The third-order valence-corrected chi connectivity index (χ3v) is 3.12. The normalized spacial score (nSPS) is 13.2. The largest absolute Gasteiger partial charge is 0.385 e. The minimum absolute atomic E-state index is 0.180. The molecule has 0 saturated carbocycles. The SMILES string of the molecule is CN(C)C(=O)CCCNc1ccc2c(c1)COC2. The summed E-state index contributed by atoms with van der Waals surface area (Å²) in [5.74, 6) is 0.180. The molecule has 1 amide bonds. The van der Waals surface area contributed by atoms with E-state index in [2.05, 4.69) is 23.5 Å². The molecule has 0 spiro atoms. The van der Waals surface area contributed by atoms with Gasteiger partial charge in [-0.3, -0.25) is 4.79 Å². The van der Waals surface area contributed by atoms with E-state index >= 15 is 0 Å². The predicted molar refractivity (Wildman–Crippen MR) is 71.4 cm³/mol.